The van der Waals surface area contributed by atoms with Gasteiger partial charge in [-0.15, -0.1) is 0 Å². The fraction of sp³-hybridized carbons (Fsp3) is 0.778. The van der Waals surface area contributed by atoms with Gasteiger partial charge in [-0.05, 0) is 37.2 Å². The molecule has 0 spiro atoms. The molecule has 1 aliphatic rings. The van der Waals surface area contributed by atoms with Gasteiger partial charge in [0.2, 0.25) is 5.91 Å². The number of rotatable bonds is 7. The number of allylic oxidation sites excluding steroid dienone is 2. The number of piperidine rings is 1. The Morgan fingerprint density at radius 2 is 1.81 bits per heavy atom. The predicted molar refractivity (Wildman–Crippen MR) is 87.0 cm³/mol. The number of amides is 1. The molecule has 1 amide bonds. The highest BCUT2D eigenvalue weighted by Gasteiger charge is 2.22. The normalized spacial score (nSPS) is 18.4. The highest BCUT2D eigenvalue weighted by atomic mass is 16.2. The van der Waals surface area contributed by atoms with Crippen molar-refractivity contribution in [1.82, 2.24) is 4.90 Å². The van der Waals surface area contributed by atoms with Crippen LogP contribution in [0.1, 0.15) is 59.8 Å². The van der Waals surface area contributed by atoms with Crippen LogP contribution in [0.2, 0.25) is 0 Å². The molecule has 21 heavy (non-hydrogen) atoms. The molecule has 1 unspecified atom stereocenters. The van der Waals surface area contributed by atoms with Gasteiger partial charge in [-0.1, -0.05) is 40.2 Å². The first-order valence-corrected chi connectivity index (χ1v) is 8.42. The molecule has 1 rings (SSSR count). The molecule has 1 fully saturated rings. The summed E-state index contributed by atoms with van der Waals surface area (Å²) in [4.78, 5) is 25.8. The van der Waals surface area contributed by atoms with E-state index in [1.165, 1.54) is 6.42 Å². The summed E-state index contributed by atoms with van der Waals surface area (Å²) in [7, 11) is 0. The van der Waals surface area contributed by atoms with Crippen molar-refractivity contribution in [3.63, 3.8) is 0 Å². The van der Waals surface area contributed by atoms with Crippen molar-refractivity contribution in [2.45, 2.75) is 59.8 Å². The quantitative estimate of drug-likeness (QED) is 0.669. The van der Waals surface area contributed by atoms with E-state index < -0.39 is 0 Å². The lowest BCUT2D eigenvalue weighted by Crippen LogP contribution is -2.38. The van der Waals surface area contributed by atoms with Crippen molar-refractivity contribution in [3.8, 4) is 0 Å². The van der Waals surface area contributed by atoms with Gasteiger partial charge in [-0.3, -0.25) is 9.59 Å². The van der Waals surface area contributed by atoms with E-state index in [0.717, 1.165) is 38.3 Å². The Bertz CT molecular complexity index is 365. The molecule has 0 N–H and O–H groups in total. The molecule has 1 heterocycles. The second-order valence-corrected chi connectivity index (χ2v) is 6.74. The lowest BCUT2D eigenvalue weighted by atomic mass is 9.93. The topological polar surface area (TPSA) is 37.4 Å². The molecule has 3 heteroatoms. The van der Waals surface area contributed by atoms with E-state index in [1.807, 2.05) is 24.8 Å². The van der Waals surface area contributed by atoms with Crippen molar-refractivity contribution in [2.75, 3.05) is 13.1 Å². The monoisotopic (exact) mass is 293 g/mol. The van der Waals surface area contributed by atoms with Crippen molar-refractivity contribution >= 4 is 11.7 Å². The maximum Gasteiger partial charge on any atom is 0.222 e. The zero-order chi connectivity index (χ0) is 15.8. The third-order valence-electron chi connectivity index (χ3n) is 4.46. The Kier molecular flexibility index (Phi) is 7.69. The smallest absolute Gasteiger partial charge is 0.222 e. The van der Waals surface area contributed by atoms with Gasteiger partial charge in [-0.25, -0.2) is 0 Å². The number of carbonyl (C=O) groups excluding carboxylic acids is 2. The van der Waals surface area contributed by atoms with E-state index in [-0.39, 0.29) is 17.6 Å². The lowest BCUT2D eigenvalue weighted by Gasteiger charge is -2.32. The van der Waals surface area contributed by atoms with Crippen LogP contribution in [0.5, 0.6) is 0 Å². The number of ketones is 1. The molecule has 0 aromatic carbocycles. The molecule has 0 radical (unpaired) electrons. The first-order valence-electron chi connectivity index (χ1n) is 8.42. The van der Waals surface area contributed by atoms with Crippen LogP contribution in [0.15, 0.2) is 12.2 Å². The summed E-state index contributed by atoms with van der Waals surface area (Å²) in [5, 5.41) is 0. The van der Waals surface area contributed by atoms with Gasteiger partial charge >= 0.3 is 0 Å². The standard InChI is InChI=1S/C18H31NO2/c1-5-16-9-11-19(12-10-16)18(21)13-15(4)7-6-8-17(20)14(2)3/h6,8,14-16H,5,7,9-13H2,1-4H3/b8-6+. The second-order valence-electron chi connectivity index (χ2n) is 6.74. The fourth-order valence-corrected chi connectivity index (χ4v) is 2.71. The first-order chi connectivity index (χ1) is 9.93. The summed E-state index contributed by atoms with van der Waals surface area (Å²) in [5.74, 6) is 1.60. The Labute approximate surface area is 129 Å². The average Bonchev–Trinajstić information content (AvgIpc) is 2.46. The van der Waals surface area contributed by atoms with E-state index in [2.05, 4.69) is 13.8 Å². The Balaban J connectivity index is 2.29. The van der Waals surface area contributed by atoms with E-state index in [1.54, 1.807) is 6.08 Å². The minimum absolute atomic E-state index is 0.0537. The molecule has 1 saturated heterocycles. The highest BCUT2D eigenvalue weighted by Crippen LogP contribution is 2.21. The summed E-state index contributed by atoms with van der Waals surface area (Å²) in [6.45, 7) is 9.96. The maximum atomic E-state index is 12.2. The SMILES string of the molecule is CCC1CCN(C(=O)CC(C)C/C=C/C(=O)C(C)C)CC1. The van der Waals surface area contributed by atoms with Crippen LogP contribution >= 0.6 is 0 Å². The molecule has 3 nitrogen and oxygen atoms in total. The van der Waals surface area contributed by atoms with Crippen LogP contribution in [-0.2, 0) is 9.59 Å². The molecule has 1 aliphatic heterocycles. The molecule has 120 valence electrons. The van der Waals surface area contributed by atoms with Gasteiger partial charge in [0.1, 0.15) is 0 Å². The third-order valence-corrected chi connectivity index (χ3v) is 4.46. The molecule has 0 aliphatic carbocycles. The zero-order valence-corrected chi connectivity index (χ0v) is 14.1. The van der Waals surface area contributed by atoms with Crippen molar-refractivity contribution < 1.29 is 9.59 Å². The lowest BCUT2D eigenvalue weighted by molar-refractivity contribution is -0.133. The van der Waals surface area contributed by atoms with E-state index in [9.17, 15) is 9.59 Å². The Hall–Kier alpha value is -1.12. The van der Waals surface area contributed by atoms with Gasteiger partial charge in [0.05, 0.1) is 0 Å². The van der Waals surface area contributed by atoms with Gasteiger partial charge in [0.25, 0.3) is 0 Å². The highest BCUT2D eigenvalue weighted by molar-refractivity contribution is 5.91. The minimum atomic E-state index is 0.0537. The van der Waals surface area contributed by atoms with Gasteiger partial charge in [-0.2, -0.15) is 0 Å². The number of nitrogens with zero attached hydrogens (tertiary/aromatic N) is 1. The van der Waals surface area contributed by atoms with Gasteiger partial charge in [0, 0.05) is 25.4 Å². The minimum Gasteiger partial charge on any atom is -0.343 e. The van der Waals surface area contributed by atoms with Crippen LogP contribution in [0.25, 0.3) is 0 Å². The van der Waals surface area contributed by atoms with Crippen molar-refractivity contribution in [2.24, 2.45) is 17.8 Å². The number of carbonyl (C=O) groups is 2. The molecule has 0 saturated carbocycles. The first kappa shape index (κ1) is 17.9. The summed E-state index contributed by atoms with van der Waals surface area (Å²) < 4.78 is 0. The molecule has 0 aromatic heterocycles. The molecular weight excluding hydrogens is 262 g/mol. The van der Waals surface area contributed by atoms with E-state index in [0.29, 0.717) is 12.3 Å². The summed E-state index contributed by atoms with van der Waals surface area (Å²) >= 11 is 0. The average molecular weight is 293 g/mol. The van der Waals surface area contributed by atoms with Crippen LogP contribution in [0.4, 0.5) is 0 Å². The van der Waals surface area contributed by atoms with Crippen molar-refractivity contribution in [1.29, 1.82) is 0 Å². The van der Waals surface area contributed by atoms with Crippen LogP contribution in [0, 0.1) is 17.8 Å². The zero-order valence-electron chi connectivity index (χ0n) is 14.1. The van der Waals surface area contributed by atoms with Crippen LogP contribution < -0.4 is 0 Å². The van der Waals surface area contributed by atoms with Gasteiger partial charge in [0.15, 0.2) is 5.78 Å². The maximum absolute atomic E-state index is 12.2. The fourth-order valence-electron chi connectivity index (χ4n) is 2.71. The molecular formula is C18H31NO2. The van der Waals surface area contributed by atoms with Crippen molar-refractivity contribution in [3.05, 3.63) is 12.2 Å². The summed E-state index contributed by atoms with van der Waals surface area (Å²) in [6, 6.07) is 0. The second kappa shape index (κ2) is 9.01. The summed E-state index contributed by atoms with van der Waals surface area (Å²) in [5.41, 5.74) is 0. The molecule has 1 atom stereocenters. The molecule has 0 bridgehead atoms. The van der Waals surface area contributed by atoms with E-state index >= 15 is 0 Å². The van der Waals surface area contributed by atoms with Gasteiger partial charge < -0.3 is 4.90 Å². The van der Waals surface area contributed by atoms with Crippen LogP contribution in [0.3, 0.4) is 0 Å². The molecule has 0 aromatic rings. The summed E-state index contributed by atoms with van der Waals surface area (Å²) in [6.07, 6.45) is 8.51. The largest absolute Gasteiger partial charge is 0.343 e. The number of hydrogen-bond donors (Lipinski definition) is 0. The third kappa shape index (κ3) is 6.45. The number of likely N-dealkylation sites (tertiary alicyclic amines) is 1. The van der Waals surface area contributed by atoms with Crippen LogP contribution in [-0.4, -0.2) is 29.7 Å². The predicted octanol–water partition coefficient (Wildman–Crippen LogP) is 3.83. The van der Waals surface area contributed by atoms with E-state index in [4.69, 9.17) is 0 Å². The Morgan fingerprint density at radius 1 is 1.19 bits per heavy atom. The number of hydrogen-bond acceptors (Lipinski definition) is 2. The Morgan fingerprint density at radius 3 is 2.33 bits per heavy atom.